The van der Waals surface area contributed by atoms with Crippen LogP contribution in [-0.4, -0.2) is 63.1 Å². The fourth-order valence-electron chi connectivity index (χ4n) is 3.37. The first kappa shape index (κ1) is 16.7. The average molecular weight is 355 g/mol. The number of fused-ring (bicyclic) bond motifs is 1. The first-order valence-electron chi connectivity index (χ1n) is 8.55. The molecule has 3 aromatic rings. The van der Waals surface area contributed by atoms with Crippen LogP contribution in [0.4, 0.5) is 5.82 Å². The van der Waals surface area contributed by atoms with Crippen molar-refractivity contribution in [3.05, 3.63) is 23.9 Å². The number of hydrogen-bond acceptors (Lipinski definition) is 7. The summed E-state index contributed by atoms with van der Waals surface area (Å²) >= 11 is 0. The van der Waals surface area contributed by atoms with Gasteiger partial charge in [-0.2, -0.15) is 10.2 Å². The lowest BCUT2D eigenvalue weighted by Gasteiger charge is -2.34. The minimum Gasteiger partial charge on any atom is -0.377 e. The van der Waals surface area contributed by atoms with Crippen LogP contribution in [0.3, 0.4) is 0 Å². The fourth-order valence-corrected chi connectivity index (χ4v) is 3.37. The highest BCUT2D eigenvalue weighted by molar-refractivity contribution is 6.10. The number of aromatic nitrogens is 5. The number of ether oxygens (including phenoxy) is 1. The van der Waals surface area contributed by atoms with Crippen LogP contribution in [0, 0.1) is 0 Å². The van der Waals surface area contributed by atoms with Gasteiger partial charge in [-0.15, -0.1) is 0 Å². The van der Waals surface area contributed by atoms with Gasteiger partial charge in [-0.25, -0.2) is 4.98 Å². The molecule has 1 aliphatic rings. The van der Waals surface area contributed by atoms with E-state index < -0.39 is 0 Å². The smallest absolute Gasteiger partial charge is 0.178 e. The SMILES string of the molecule is C[C@@H]1COCCN1c1cc(C(=O)CN)c2c(n1)c(-c1ccn[nH]1)nn2C. The molecular weight excluding hydrogens is 334 g/mol. The summed E-state index contributed by atoms with van der Waals surface area (Å²) in [4.78, 5) is 19.5. The number of morpholine rings is 1. The number of nitrogens with zero attached hydrogens (tertiary/aromatic N) is 5. The van der Waals surface area contributed by atoms with E-state index in [1.165, 1.54) is 0 Å². The molecule has 1 fully saturated rings. The van der Waals surface area contributed by atoms with E-state index in [9.17, 15) is 4.79 Å². The maximum absolute atomic E-state index is 12.5. The van der Waals surface area contributed by atoms with Crippen LogP contribution in [0.15, 0.2) is 18.3 Å². The van der Waals surface area contributed by atoms with Crippen molar-refractivity contribution in [1.82, 2.24) is 25.0 Å². The molecule has 0 radical (unpaired) electrons. The molecule has 3 N–H and O–H groups in total. The zero-order chi connectivity index (χ0) is 18.3. The third kappa shape index (κ3) is 2.65. The second kappa shape index (κ2) is 6.50. The monoisotopic (exact) mass is 355 g/mol. The highest BCUT2D eigenvalue weighted by Gasteiger charge is 2.25. The van der Waals surface area contributed by atoms with Crippen molar-refractivity contribution >= 4 is 22.6 Å². The van der Waals surface area contributed by atoms with Gasteiger partial charge >= 0.3 is 0 Å². The minimum absolute atomic E-state index is 0.0677. The van der Waals surface area contributed by atoms with E-state index in [4.69, 9.17) is 15.5 Å². The van der Waals surface area contributed by atoms with Gasteiger partial charge in [-0.3, -0.25) is 14.6 Å². The van der Waals surface area contributed by atoms with Gasteiger partial charge < -0.3 is 15.4 Å². The molecule has 9 nitrogen and oxygen atoms in total. The van der Waals surface area contributed by atoms with Crippen LogP contribution >= 0.6 is 0 Å². The molecule has 1 saturated heterocycles. The number of rotatable bonds is 4. The molecule has 26 heavy (non-hydrogen) atoms. The highest BCUT2D eigenvalue weighted by Crippen LogP contribution is 2.31. The number of nitrogens with two attached hydrogens (primary N) is 1. The van der Waals surface area contributed by atoms with E-state index in [1.54, 1.807) is 17.9 Å². The van der Waals surface area contributed by atoms with Crippen LogP contribution in [0.2, 0.25) is 0 Å². The highest BCUT2D eigenvalue weighted by atomic mass is 16.5. The number of pyridine rings is 1. The van der Waals surface area contributed by atoms with Crippen molar-refractivity contribution < 1.29 is 9.53 Å². The quantitative estimate of drug-likeness (QED) is 0.663. The Bertz CT molecular complexity index is 948. The van der Waals surface area contributed by atoms with Gasteiger partial charge in [-0.05, 0) is 19.1 Å². The molecule has 0 aromatic carbocycles. The van der Waals surface area contributed by atoms with Gasteiger partial charge in [0.2, 0.25) is 0 Å². The molecule has 4 rings (SSSR count). The number of Topliss-reactive ketones (excluding diaryl/α,β-unsaturated/α-hetero) is 1. The first-order chi connectivity index (χ1) is 12.6. The minimum atomic E-state index is -0.140. The Kier molecular flexibility index (Phi) is 4.17. The summed E-state index contributed by atoms with van der Waals surface area (Å²) in [6.45, 7) is 3.98. The largest absolute Gasteiger partial charge is 0.377 e. The van der Waals surface area contributed by atoms with Crippen molar-refractivity contribution in [3.8, 4) is 11.4 Å². The predicted molar refractivity (Wildman–Crippen MR) is 97.1 cm³/mol. The second-order valence-corrected chi connectivity index (χ2v) is 6.41. The lowest BCUT2D eigenvalue weighted by molar-refractivity contribution is 0.0984. The van der Waals surface area contributed by atoms with Crippen LogP contribution in [-0.2, 0) is 11.8 Å². The van der Waals surface area contributed by atoms with E-state index in [0.717, 1.165) is 18.1 Å². The maximum atomic E-state index is 12.5. The molecule has 0 bridgehead atoms. The number of H-pyrrole nitrogens is 1. The van der Waals surface area contributed by atoms with Gasteiger partial charge in [0.05, 0.1) is 42.6 Å². The summed E-state index contributed by atoms with van der Waals surface area (Å²) in [5.41, 5.74) is 8.93. The van der Waals surface area contributed by atoms with E-state index in [-0.39, 0.29) is 18.4 Å². The molecule has 0 spiro atoms. The molecule has 0 aliphatic carbocycles. The van der Waals surface area contributed by atoms with Crippen molar-refractivity contribution in [2.24, 2.45) is 12.8 Å². The molecule has 9 heteroatoms. The summed E-state index contributed by atoms with van der Waals surface area (Å²) < 4.78 is 7.19. The zero-order valence-corrected chi connectivity index (χ0v) is 14.8. The van der Waals surface area contributed by atoms with Gasteiger partial charge in [0, 0.05) is 19.8 Å². The Morgan fingerprint density at radius 2 is 2.35 bits per heavy atom. The third-order valence-corrected chi connectivity index (χ3v) is 4.68. The Morgan fingerprint density at radius 3 is 3.04 bits per heavy atom. The maximum Gasteiger partial charge on any atom is 0.178 e. The van der Waals surface area contributed by atoms with Crippen molar-refractivity contribution in [1.29, 1.82) is 0 Å². The number of aromatic amines is 1. The molecular formula is C17H21N7O2. The standard InChI is InChI=1S/C17H21N7O2/c1-10-9-26-6-5-24(10)14-7-11(13(25)8-18)17-16(20-14)15(22-23(17)2)12-3-4-19-21-12/h3-4,7,10H,5-6,8-9,18H2,1-2H3,(H,19,21)/t10-/m1/s1. The summed E-state index contributed by atoms with van der Waals surface area (Å²) in [5, 5.41) is 11.5. The van der Waals surface area contributed by atoms with Crippen LogP contribution in [0.5, 0.6) is 0 Å². The zero-order valence-electron chi connectivity index (χ0n) is 14.8. The van der Waals surface area contributed by atoms with Crippen LogP contribution in [0.1, 0.15) is 17.3 Å². The average Bonchev–Trinajstić information content (AvgIpc) is 3.29. The first-order valence-corrected chi connectivity index (χ1v) is 8.55. The number of hydrogen-bond donors (Lipinski definition) is 2. The Balaban J connectivity index is 1.96. The normalized spacial score (nSPS) is 17.8. The molecule has 0 saturated carbocycles. The number of nitrogens with one attached hydrogen (secondary N) is 1. The second-order valence-electron chi connectivity index (χ2n) is 6.41. The van der Waals surface area contributed by atoms with Crippen molar-refractivity contribution in [2.45, 2.75) is 13.0 Å². The van der Waals surface area contributed by atoms with Gasteiger partial charge in [-0.1, -0.05) is 0 Å². The molecule has 136 valence electrons. The summed E-state index contributed by atoms with van der Waals surface area (Å²) in [6, 6.07) is 3.82. The third-order valence-electron chi connectivity index (χ3n) is 4.68. The summed E-state index contributed by atoms with van der Waals surface area (Å²) in [7, 11) is 1.80. The number of ketones is 1. The van der Waals surface area contributed by atoms with E-state index in [1.807, 2.05) is 12.1 Å². The lowest BCUT2D eigenvalue weighted by Crippen LogP contribution is -2.44. The molecule has 0 unspecified atom stereocenters. The van der Waals surface area contributed by atoms with Crippen LogP contribution in [0.25, 0.3) is 22.4 Å². The molecule has 0 amide bonds. The Hall–Kier alpha value is -2.78. The van der Waals surface area contributed by atoms with Gasteiger partial charge in [0.25, 0.3) is 0 Å². The predicted octanol–water partition coefficient (Wildman–Crippen LogP) is 0.725. The van der Waals surface area contributed by atoms with Crippen LogP contribution < -0.4 is 10.6 Å². The van der Waals surface area contributed by atoms with E-state index >= 15 is 0 Å². The molecule has 1 aliphatic heterocycles. The fraction of sp³-hybridized carbons (Fsp3) is 0.412. The van der Waals surface area contributed by atoms with E-state index in [0.29, 0.717) is 35.5 Å². The number of anilines is 1. The molecule has 1 atom stereocenters. The number of carbonyl (C=O) groups is 1. The molecule has 4 heterocycles. The van der Waals surface area contributed by atoms with Crippen molar-refractivity contribution in [3.63, 3.8) is 0 Å². The molecule has 3 aromatic heterocycles. The Morgan fingerprint density at radius 1 is 1.50 bits per heavy atom. The summed E-state index contributed by atoms with van der Waals surface area (Å²) in [6.07, 6.45) is 1.66. The number of aryl methyl sites for hydroxylation is 1. The number of carbonyl (C=O) groups excluding carboxylic acids is 1. The van der Waals surface area contributed by atoms with Gasteiger partial charge in [0.1, 0.15) is 17.0 Å². The van der Waals surface area contributed by atoms with Gasteiger partial charge in [0.15, 0.2) is 5.78 Å². The lowest BCUT2D eigenvalue weighted by atomic mass is 10.1. The van der Waals surface area contributed by atoms with Crippen molar-refractivity contribution in [2.75, 3.05) is 31.2 Å². The van der Waals surface area contributed by atoms with E-state index in [2.05, 4.69) is 27.1 Å². The summed E-state index contributed by atoms with van der Waals surface area (Å²) in [5.74, 6) is 0.595. The topological polar surface area (TPSA) is 115 Å². The Labute approximate surface area is 150 Å².